The van der Waals surface area contributed by atoms with Crippen LogP contribution in [0, 0.1) is 0 Å². The molecule has 6 nitrogen and oxygen atoms in total. The number of nitrogens with one attached hydrogen (secondary N) is 1. The molecule has 1 N–H and O–H groups in total. The Morgan fingerprint density at radius 2 is 1.94 bits per heavy atom. The molecule has 0 radical (unpaired) electrons. The van der Waals surface area contributed by atoms with Gasteiger partial charge in [-0.2, -0.15) is 12.7 Å². The Hall–Kier alpha value is -0.660. The summed E-state index contributed by atoms with van der Waals surface area (Å²) < 4.78 is 32.5. The van der Waals surface area contributed by atoms with E-state index in [4.69, 9.17) is 4.74 Å². The van der Waals surface area contributed by atoms with Crippen molar-refractivity contribution in [1.29, 1.82) is 0 Å². The molecule has 1 rings (SSSR count). The fraction of sp³-hybridized carbons (Fsp3) is 0.909. The Morgan fingerprint density at radius 1 is 1.28 bits per heavy atom. The first kappa shape index (κ1) is 15.4. The van der Waals surface area contributed by atoms with Crippen molar-refractivity contribution in [2.75, 3.05) is 26.2 Å². The number of piperidine rings is 1. The number of rotatable bonds is 7. The summed E-state index contributed by atoms with van der Waals surface area (Å²) >= 11 is 0. The molecule has 7 heteroatoms. The molecular formula is C11H22N2O4S. The van der Waals surface area contributed by atoms with Crippen LogP contribution in [-0.4, -0.2) is 44.9 Å². The monoisotopic (exact) mass is 278 g/mol. The van der Waals surface area contributed by atoms with E-state index in [1.807, 2.05) is 0 Å². The van der Waals surface area contributed by atoms with Crippen molar-refractivity contribution < 1.29 is 17.9 Å². The second kappa shape index (κ2) is 7.70. The van der Waals surface area contributed by atoms with Gasteiger partial charge in [-0.25, -0.2) is 4.72 Å². The van der Waals surface area contributed by atoms with Crippen LogP contribution in [0.25, 0.3) is 0 Å². The first-order valence-electron chi connectivity index (χ1n) is 6.46. The zero-order valence-electron chi connectivity index (χ0n) is 10.9. The quantitative estimate of drug-likeness (QED) is 0.548. The first-order valence-corrected chi connectivity index (χ1v) is 7.90. The maximum Gasteiger partial charge on any atom is 0.305 e. The second-order valence-electron chi connectivity index (χ2n) is 4.27. The molecule has 1 saturated heterocycles. The molecule has 0 amide bonds. The van der Waals surface area contributed by atoms with E-state index in [1.54, 1.807) is 6.92 Å². The van der Waals surface area contributed by atoms with Crippen molar-refractivity contribution in [2.45, 2.75) is 39.0 Å². The number of hydrogen-bond acceptors (Lipinski definition) is 4. The van der Waals surface area contributed by atoms with E-state index in [1.165, 1.54) is 4.31 Å². The minimum absolute atomic E-state index is 0.246. The lowest BCUT2D eigenvalue weighted by atomic mass is 10.2. The first-order chi connectivity index (χ1) is 8.56. The fourth-order valence-electron chi connectivity index (χ4n) is 1.86. The van der Waals surface area contributed by atoms with E-state index in [2.05, 4.69) is 4.72 Å². The van der Waals surface area contributed by atoms with Gasteiger partial charge in [-0.1, -0.05) is 6.42 Å². The molecule has 1 aliphatic rings. The standard InChI is InChI=1S/C11H22N2O4S/c1-2-17-11(14)7-6-8-12-18(15,16)13-9-4-3-5-10-13/h12H,2-10H2,1H3. The van der Waals surface area contributed by atoms with Gasteiger partial charge in [0.1, 0.15) is 0 Å². The van der Waals surface area contributed by atoms with E-state index in [0.29, 0.717) is 26.1 Å². The Bertz CT molecular complexity index is 350. The van der Waals surface area contributed by atoms with Crippen molar-refractivity contribution >= 4 is 16.2 Å². The van der Waals surface area contributed by atoms with Crippen LogP contribution in [0.1, 0.15) is 39.0 Å². The molecule has 0 saturated carbocycles. The highest BCUT2D eigenvalue weighted by Gasteiger charge is 2.22. The third-order valence-electron chi connectivity index (χ3n) is 2.80. The smallest absolute Gasteiger partial charge is 0.305 e. The maximum atomic E-state index is 11.9. The van der Waals surface area contributed by atoms with Gasteiger partial charge in [-0.05, 0) is 26.2 Å². The van der Waals surface area contributed by atoms with E-state index < -0.39 is 10.2 Å². The predicted molar refractivity (Wildman–Crippen MR) is 68.2 cm³/mol. The van der Waals surface area contributed by atoms with Crippen LogP contribution < -0.4 is 4.72 Å². The summed E-state index contributed by atoms with van der Waals surface area (Å²) in [5.74, 6) is -0.283. The predicted octanol–water partition coefficient (Wildman–Crippen LogP) is 0.650. The molecule has 1 fully saturated rings. The third-order valence-corrected chi connectivity index (χ3v) is 4.42. The molecule has 0 atom stereocenters. The van der Waals surface area contributed by atoms with Crippen LogP contribution in [0.4, 0.5) is 0 Å². The van der Waals surface area contributed by atoms with Crippen molar-refractivity contribution in [3.05, 3.63) is 0 Å². The van der Waals surface area contributed by atoms with Gasteiger partial charge >= 0.3 is 5.97 Å². The lowest BCUT2D eigenvalue weighted by Crippen LogP contribution is -2.43. The normalized spacial score (nSPS) is 17.6. The van der Waals surface area contributed by atoms with Gasteiger partial charge in [0.2, 0.25) is 0 Å². The molecule has 106 valence electrons. The summed E-state index contributed by atoms with van der Waals surface area (Å²) in [6.45, 7) is 3.56. The number of carbonyl (C=O) groups excluding carboxylic acids is 1. The van der Waals surface area contributed by atoms with E-state index in [-0.39, 0.29) is 18.9 Å². The zero-order chi connectivity index (χ0) is 13.4. The van der Waals surface area contributed by atoms with Gasteiger partial charge in [0.05, 0.1) is 6.61 Å². The van der Waals surface area contributed by atoms with E-state index in [0.717, 1.165) is 19.3 Å². The van der Waals surface area contributed by atoms with Gasteiger partial charge in [0.25, 0.3) is 10.2 Å². The average Bonchev–Trinajstić information content (AvgIpc) is 2.36. The second-order valence-corrected chi connectivity index (χ2v) is 6.02. The number of nitrogens with zero attached hydrogens (tertiary/aromatic N) is 1. The zero-order valence-corrected chi connectivity index (χ0v) is 11.7. The number of ether oxygens (including phenoxy) is 1. The largest absolute Gasteiger partial charge is 0.466 e. The number of carbonyl (C=O) groups is 1. The Labute approximate surface area is 109 Å². The van der Waals surface area contributed by atoms with E-state index in [9.17, 15) is 13.2 Å². The molecule has 0 bridgehead atoms. The van der Waals surface area contributed by atoms with Gasteiger partial charge in [0.15, 0.2) is 0 Å². The van der Waals surface area contributed by atoms with Gasteiger partial charge < -0.3 is 4.74 Å². The topological polar surface area (TPSA) is 75.7 Å². The Balaban J connectivity index is 2.22. The van der Waals surface area contributed by atoms with Gasteiger partial charge in [-0.15, -0.1) is 0 Å². The summed E-state index contributed by atoms with van der Waals surface area (Å²) in [5.41, 5.74) is 0. The Kier molecular flexibility index (Phi) is 6.59. The summed E-state index contributed by atoms with van der Waals surface area (Å²) in [6.07, 6.45) is 3.64. The highest BCUT2D eigenvalue weighted by molar-refractivity contribution is 7.87. The molecule has 1 heterocycles. The summed E-state index contributed by atoms with van der Waals surface area (Å²) in [4.78, 5) is 11.1. The molecule has 1 aliphatic heterocycles. The van der Waals surface area contributed by atoms with Crippen molar-refractivity contribution in [1.82, 2.24) is 9.03 Å². The highest BCUT2D eigenvalue weighted by atomic mass is 32.2. The molecule has 0 aromatic heterocycles. The average molecular weight is 278 g/mol. The van der Waals surface area contributed by atoms with Crippen molar-refractivity contribution in [3.8, 4) is 0 Å². The third kappa shape index (κ3) is 5.32. The molecule has 0 unspecified atom stereocenters. The summed E-state index contributed by atoms with van der Waals surface area (Å²) in [7, 11) is -3.36. The lowest BCUT2D eigenvalue weighted by Gasteiger charge is -2.25. The van der Waals surface area contributed by atoms with Crippen LogP contribution >= 0.6 is 0 Å². The highest BCUT2D eigenvalue weighted by Crippen LogP contribution is 2.11. The molecule has 0 aromatic carbocycles. The van der Waals surface area contributed by atoms with Crippen molar-refractivity contribution in [3.63, 3.8) is 0 Å². The molecule has 0 aromatic rings. The maximum absolute atomic E-state index is 11.9. The Morgan fingerprint density at radius 3 is 2.56 bits per heavy atom. The van der Waals surface area contributed by atoms with Gasteiger partial charge in [-0.3, -0.25) is 4.79 Å². The van der Waals surface area contributed by atoms with Gasteiger partial charge in [0, 0.05) is 26.1 Å². The molecule has 0 aliphatic carbocycles. The van der Waals surface area contributed by atoms with Crippen molar-refractivity contribution in [2.24, 2.45) is 0 Å². The summed E-state index contributed by atoms with van der Waals surface area (Å²) in [5, 5.41) is 0. The fourth-order valence-corrected chi connectivity index (χ4v) is 3.19. The molecule has 0 spiro atoms. The van der Waals surface area contributed by atoms with Crippen LogP contribution in [0.3, 0.4) is 0 Å². The van der Waals surface area contributed by atoms with Crippen LogP contribution in [0.2, 0.25) is 0 Å². The van der Waals surface area contributed by atoms with E-state index >= 15 is 0 Å². The lowest BCUT2D eigenvalue weighted by molar-refractivity contribution is -0.143. The van der Waals surface area contributed by atoms with Crippen LogP contribution in [0.5, 0.6) is 0 Å². The van der Waals surface area contributed by atoms with Crippen LogP contribution in [-0.2, 0) is 19.7 Å². The SMILES string of the molecule is CCOC(=O)CCCNS(=O)(=O)N1CCCCC1. The molecular weight excluding hydrogens is 256 g/mol. The number of esters is 1. The minimum atomic E-state index is -3.36. The number of hydrogen-bond donors (Lipinski definition) is 1. The minimum Gasteiger partial charge on any atom is -0.466 e. The summed E-state index contributed by atoms with van der Waals surface area (Å²) in [6, 6.07) is 0. The molecule has 18 heavy (non-hydrogen) atoms. The van der Waals surface area contributed by atoms with Crippen LogP contribution in [0.15, 0.2) is 0 Å².